The molecule has 108 valence electrons. The Morgan fingerprint density at radius 1 is 1.10 bits per heavy atom. The summed E-state index contributed by atoms with van der Waals surface area (Å²) in [6.45, 7) is 1.86. The quantitative estimate of drug-likeness (QED) is 0.905. The van der Waals surface area contributed by atoms with E-state index in [1.54, 1.807) is 37.4 Å². The van der Waals surface area contributed by atoms with Crippen LogP contribution in [0.4, 0.5) is 5.69 Å². The smallest absolute Gasteiger partial charge is 0.336 e. The molecule has 5 heteroatoms. The molecule has 0 aliphatic heterocycles. The highest BCUT2D eigenvalue weighted by molar-refractivity contribution is 6.10. The van der Waals surface area contributed by atoms with Gasteiger partial charge in [-0.25, -0.2) is 4.79 Å². The van der Waals surface area contributed by atoms with E-state index in [1.165, 1.54) is 12.1 Å². The van der Waals surface area contributed by atoms with Gasteiger partial charge in [-0.05, 0) is 42.8 Å². The number of benzene rings is 2. The van der Waals surface area contributed by atoms with E-state index < -0.39 is 11.9 Å². The molecule has 5 nitrogen and oxygen atoms in total. The van der Waals surface area contributed by atoms with E-state index in [1.807, 2.05) is 6.92 Å². The van der Waals surface area contributed by atoms with E-state index in [9.17, 15) is 9.59 Å². The summed E-state index contributed by atoms with van der Waals surface area (Å²) in [6, 6.07) is 11.3. The lowest BCUT2D eigenvalue weighted by atomic mass is 10.1. The molecular formula is C16H15NO4. The number of carbonyl (C=O) groups is 2. The van der Waals surface area contributed by atoms with Crippen LogP contribution in [0.3, 0.4) is 0 Å². The highest BCUT2D eigenvalue weighted by Crippen LogP contribution is 2.22. The van der Waals surface area contributed by atoms with Crippen LogP contribution in [0.15, 0.2) is 42.5 Å². The van der Waals surface area contributed by atoms with Crippen LogP contribution in [-0.4, -0.2) is 24.1 Å². The third-order valence-corrected chi connectivity index (χ3v) is 3.05. The summed E-state index contributed by atoms with van der Waals surface area (Å²) >= 11 is 0. The molecule has 2 aromatic rings. The van der Waals surface area contributed by atoms with Gasteiger partial charge in [0.25, 0.3) is 5.91 Å². The lowest BCUT2D eigenvalue weighted by Gasteiger charge is -2.10. The van der Waals surface area contributed by atoms with Crippen LogP contribution in [0, 0.1) is 6.92 Å². The number of hydrogen-bond acceptors (Lipinski definition) is 3. The maximum absolute atomic E-state index is 12.2. The van der Waals surface area contributed by atoms with Crippen molar-refractivity contribution in [2.45, 2.75) is 6.92 Å². The zero-order chi connectivity index (χ0) is 15.4. The second-order valence-corrected chi connectivity index (χ2v) is 4.49. The Morgan fingerprint density at radius 3 is 2.33 bits per heavy atom. The van der Waals surface area contributed by atoms with Crippen LogP contribution in [-0.2, 0) is 0 Å². The minimum atomic E-state index is -1.13. The van der Waals surface area contributed by atoms with Crippen molar-refractivity contribution in [1.82, 2.24) is 0 Å². The SMILES string of the molecule is COc1ccc(NC(=O)c2ccccc2C(=O)O)cc1C. The minimum Gasteiger partial charge on any atom is -0.496 e. The number of rotatable bonds is 4. The molecule has 2 rings (SSSR count). The molecule has 0 atom stereocenters. The molecule has 0 aromatic heterocycles. The second-order valence-electron chi connectivity index (χ2n) is 4.49. The molecule has 0 saturated carbocycles. The summed E-state index contributed by atoms with van der Waals surface area (Å²) in [6.07, 6.45) is 0. The van der Waals surface area contributed by atoms with Crippen molar-refractivity contribution in [1.29, 1.82) is 0 Å². The van der Waals surface area contributed by atoms with Crippen LogP contribution in [0.25, 0.3) is 0 Å². The average molecular weight is 285 g/mol. The molecule has 0 radical (unpaired) electrons. The molecule has 2 aromatic carbocycles. The number of ether oxygens (including phenoxy) is 1. The first-order valence-corrected chi connectivity index (χ1v) is 6.31. The number of aromatic carboxylic acids is 1. The lowest BCUT2D eigenvalue weighted by Crippen LogP contribution is -2.16. The summed E-state index contributed by atoms with van der Waals surface area (Å²) in [7, 11) is 1.57. The Morgan fingerprint density at radius 2 is 1.76 bits per heavy atom. The van der Waals surface area contributed by atoms with Crippen LogP contribution >= 0.6 is 0 Å². The van der Waals surface area contributed by atoms with Crippen LogP contribution in [0.1, 0.15) is 26.3 Å². The lowest BCUT2D eigenvalue weighted by molar-refractivity contribution is 0.0692. The van der Waals surface area contributed by atoms with Gasteiger partial charge in [0, 0.05) is 5.69 Å². The number of carboxylic acid groups (broad SMARTS) is 1. The standard InChI is InChI=1S/C16H15NO4/c1-10-9-11(7-8-14(10)21-2)17-15(18)12-5-3-4-6-13(12)16(19)20/h3-9H,1-2H3,(H,17,18)(H,19,20). The van der Waals surface area contributed by atoms with Crippen molar-refractivity contribution in [3.8, 4) is 5.75 Å². The van der Waals surface area contributed by atoms with Crippen LogP contribution in [0.2, 0.25) is 0 Å². The molecule has 0 bridgehead atoms. The van der Waals surface area contributed by atoms with Crippen LogP contribution in [0.5, 0.6) is 5.75 Å². The van der Waals surface area contributed by atoms with Crippen molar-refractivity contribution in [3.05, 3.63) is 59.2 Å². The maximum Gasteiger partial charge on any atom is 0.336 e. The summed E-state index contributed by atoms with van der Waals surface area (Å²) in [5, 5.41) is 11.8. The Hall–Kier alpha value is -2.82. The molecule has 0 unspecified atom stereocenters. The molecule has 0 aliphatic carbocycles. The molecule has 0 spiro atoms. The Bertz CT molecular complexity index is 694. The van der Waals surface area contributed by atoms with E-state index in [2.05, 4.69) is 5.32 Å². The molecule has 21 heavy (non-hydrogen) atoms. The van der Waals surface area contributed by atoms with Crippen molar-refractivity contribution < 1.29 is 19.4 Å². The molecule has 0 fully saturated rings. The molecule has 1 amide bonds. The number of amides is 1. The van der Waals surface area contributed by atoms with E-state index in [0.29, 0.717) is 5.69 Å². The van der Waals surface area contributed by atoms with Crippen molar-refractivity contribution in [2.24, 2.45) is 0 Å². The van der Waals surface area contributed by atoms with Gasteiger partial charge >= 0.3 is 5.97 Å². The average Bonchev–Trinajstić information content (AvgIpc) is 2.47. The van der Waals surface area contributed by atoms with Crippen LogP contribution < -0.4 is 10.1 Å². The van der Waals surface area contributed by atoms with Gasteiger partial charge < -0.3 is 15.2 Å². The topological polar surface area (TPSA) is 75.6 Å². The third-order valence-electron chi connectivity index (χ3n) is 3.05. The third kappa shape index (κ3) is 3.20. The number of methoxy groups -OCH3 is 1. The van der Waals surface area contributed by atoms with Crippen molar-refractivity contribution >= 4 is 17.6 Å². The van der Waals surface area contributed by atoms with Gasteiger partial charge in [-0.15, -0.1) is 0 Å². The number of nitrogens with one attached hydrogen (secondary N) is 1. The highest BCUT2D eigenvalue weighted by atomic mass is 16.5. The summed E-state index contributed by atoms with van der Waals surface area (Å²) < 4.78 is 5.15. The van der Waals surface area contributed by atoms with E-state index in [-0.39, 0.29) is 11.1 Å². The first-order chi connectivity index (χ1) is 10.0. The molecule has 0 saturated heterocycles. The number of aryl methyl sites for hydroxylation is 1. The van der Waals surface area contributed by atoms with Gasteiger partial charge in [-0.2, -0.15) is 0 Å². The fraction of sp³-hybridized carbons (Fsp3) is 0.125. The summed E-state index contributed by atoms with van der Waals surface area (Å²) in [5.41, 5.74) is 1.55. The molecule has 2 N–H and O–H groups in total. The minimum absolute atomic E-state index is 0.0276. The maximum atomic E-state index is 12.2. The number of carboxylic acids is 1. The summed E-state index contributed by atoms with van der Waals surface area (Å²) in [4.78, 5) is 23.3. The summed E-state index contributed by atoms with van der Waals surface area (Å²) in [5.74, 6) is -0.872. The first kappa shape index (κ1) is 14.6. The van der Waals surface area contributed by atoms with Gasteiger partial charge in [-0.1, -0.05) is 12.1 Å². The monoisotopic (exact) mass is 285 g/mol. The van der Waals surface area contributed by atoms with Gasteiger partial charge in [0.05, 0.1) is 18.2 Å². The largest absolute Gasteiger partial charge is 0.496 e. The Labute approximate surface area is 122 Å². The number of anilines is 1. The molecule has 0 heterocycles. The predicted octanol–water partition coefficient (Wildman–Crippen LogP) is 2.95. The van der Waals surface area contributed by atoms with E-state index >= 15 is 0 Å². The normalized spacial score (nSPS) is 10.0. The predicted molar refractivity (Wildman–Crippen MR) is 79.1 cm³/mol. The van der Waals surface area contributed by atoms with E-state index in [4.69, 9.17) is 9.84 Å². The fourth-order valence-electron chi connectivity index (χ4n) is 2.02. The zero-order valence-corrected chi connectivity index (χ0v) is 11.7. The van der Waals surface area contributed by atoms with Crippen molar-refractivity contribution in [3.63, 3.8) is 0 Å². The van der Waals surface area contributed by atoms with Gasteiger partial charge in [-0.3, -0.25) is 4.79 Å². The first-order valence-electron chi connectivity index (χ1n) is 6.31. The number of carbonyl (C=O) groups excluding carboxylic acids is 1. The Balaban J connectivity index is 2.26. The number of hydrogen-bond donors (Lipinski definition) is 2. The van der Waals surface area contributed by atoms with Gasteiger partial charge in [0.15, 0.2) is 0 Å². The molecular weight excluding hydrogens is 270 g/mol. The van der Waals surface area contributed by atoms with Gasteiger partial charge in [0.1, 0.15) is 5.75 Å². The zero-order valence-electron chi connectivity index (χ0n) is 11.7. The van der Waals surface area contributed by atoms with Gasteiger partial charge in [0.2, 0.25) is 0 Å². The highest BCUT2D eigenvalue weighted by Gasteiger charge is 2.16. The molecule has 0 aliphatic rings. The Kier molecular flexibility index (Phi) is 4.23. The fourth-order valence-corrected chi connectivity index (χ4v) is 2.02. The van der Waals surface area contributed by atoms with E-state index in [0.717, 1.165) is 11.3 Å². The second kappa shape index (κ2) is 6.09. The van der Waals surface area contributed by atoms with Crippen molar-refractivity contribution in [2.75, 3.05) is 12.4 Å².